The number of anilines is 1. The zero-order valence-electron chi connectivity index (χ0n) is 14.8. The highest BCUT2D eigenvalue weighted by molar-refractivity contribution is 6.06. The van der Waals surface area contributed by atoms with E-state index in [1.54, 1.807) is 0 Å². The van der Waals surface area contributed by atoms with Gasteiger partial charge in [0.15, 0.2) is 0 Å². The van der Waals surface area contributed by atoms with E-state index in [1.807, 2.05) is 54.6 Å². The van der Waals surface area contributed by atoms with E-state index in [2.05, 4.69) is 36.2 Å². The van der Waals surface area contributed by atoms with E-state index in [0.29, 0.717) is 5.56 Å². The molecule has 0 aromatic heterocycles. The lowest BCUT2D eigenvalue weighted by Gasteiger charge is -2.18. The molecule has 0 aliphatic heterocycles. The summed E-state index contributed by atoms with van der Waals surface area (Å²) < 4.78 is 0. The zero-order valence-corrected chi connectivity index (χ0v) is 14.8. The molecule has 1 N–H and O–H groups in total. The topological polar surface area (TPSA) is 32.3 Å². The van der Waals surface area contributed by atoms with E-state index in [0.717, 1.165) is 36.1 Å². The van der Waals surface area contributed by atoms with Crippen LogP contribution in [0.25, 0.3) is 10.8 Å². The molecule has 0 aliphatic rings. The molecule has 0 saturated heterocycles. The van der Waals surface area contributed by atoms with Crippen molar-refractivity contribution in [3.63, 3.8) is 0 Å². The largest absolute Gasteiger partial charge is 0.322 e. The normalized spacial score (nSPS) is 11.0. The number of hydrogen-bond donors (Lipinski definition) is 1. The number of hydrogen-bond acceptors (Lipinski definition) is 2. The van der Waals surface area contributed by atoms with Crippen LogP contribution in [-0.4, -0.2) is 23.9 Å². The molecule has 3 rings (SSSR count). The third-order valence-corrected chi connectivity index (χ3v) is 4.52. The van der Waals surface area contributed by atoms with Crippen LogP contribution in [0.15, 0.2) is 66.7 Å². The summed E-state index contributed by atoms with van der Waals surface area (Å²) in [5, 5.41) is 5.19. The third-order valence-electron chi connectivity index (χ3n) is 4.52. The standard InChI is InChI=1S/C22H24N2O/c1-3-24(4-2)16-17-9-13-21(14-10-17)23-22(25)20-12-11-18-7-5-6-8-19(18)15-20/h5-15H,3-4,16H2,1-2H3,(H,23,25). The average Bonchev–Trinajstić information content (AvgIpc) is 2.67. The second-order valence-electron chi connectivity index (χ2n) is 6.17. The van der Waals surface area contributed by atoms with Crippen molar-refractivity contribution in [2.24, 2.45) is 0 Å². The Morgan fingerprint density at radius 2 is 1.56 bits per heavy atom. The quantitative estimate of drug-likeness (QED) is 0.694. The van der Waals surface area contributed by atoms with Gasteiger partial charge in [-0.3, -0.25) is 9.69 Å². The predicted octanol–water partition coefficient (Wildman–Crippen LogP) is 4.93. The molecule has 0 spiro atoms. The first kappa shape index (κ1) is 17.2. The van der Waals surface area contributed by atoms with Gasteiger partial charge < -0.3 is 5.32 Å². The van der Waals surface area contributed by atoms with Gasteiger partial charge in [0.2, 0.25) is 0 Å². The summed E-state index contributed by atoms with van der Waals surface area (Å²) in [5.74, 6) is -0.0813. The van der Waals surface area contributed by atoms with E-state index in [9.17, 15) is 4.79 Å². The number of carbonyl (C=O) groups is 1. The van der Waals surface area contributed by atoms with Crippen molar-refractivity contribution >= 4 is 22.4 Å². The fraction of sp³-hybridized carbons (Fsp3) is 0.227. The number of fused-ring (bicyclic) bond motifs is 1. The summed E-state index contributed by atoms with van der Waals surface area (Å²) >= 11 is 0. The van der Waals surface area contributed by atoms with Crippen LogP contribution in [0.5, 0.6) is 0 Å². The fourth-order valence-electron chi connectivity index (χ4n) is 2.93. The van der Waals surface area contributed by atoms with Gasteiger partial charge in [-0.15, -0.1) is 0 Å². The van der Waals surface area contributed by atoms with Gasteiger partial charge in [0.05, 0.1) is 0 Å². The van der Waals surface area contributed by atoms with Gasteiger partial charge in [-0.25, -0.2) is 0 Å². The summed E-state index contributed by atoms with van der Waals surface area (Å²) in [7, 11) is 0. The smallest absolute Gasteiger partial charge is 0.255 e. The molecule has 0 fully saturated rings. The Kier molecular flexibility index (Phi) is 5.46. The molecule has 0 bridgehead atoms. The van der Waals surface area contributed by atoms with Crippen molar-refractivity contribution < 1.29 is 4.79 Å². The summed E-state index contributed by atoms with van der Waals surface area (Å²) in [6, 6.07) is 21.9. The lowest BCUT2D eigenvalue weighted by atomic mass is 10.1. The third kappa shape index (κ3) is 4.25. The Bertz CT molecular complexity index is 851. The number of benzene rings is 3. The van der Waals surface area contributed by atoms with E-state index in [-0.39, 0.29) is 5.91 Å². The van der Waals surface area contributed by atoms with Crippen molar-refractivity contribution in [2.75, 3.05) is 18.4 Å². The maximum Gasteiger partial charge on any atom is 0.255 e. The van der Waals surface area contributed by atoms with Gasteiger partial charge in [0.25, 0.3) is 5.91 Å². The minimum atomic E-state index is -0.0813. The zero-order chi connectivity index (χ0) is 17.6. The molecule has 3 aromatic carbocycles. The van der Waals surface area contributed by atoms with Crippen molar-refractivity contribution in [1.82, 2.24) is 4.90 Å². The first-order valence-electron chi connectivity index (χ1n) is 8.81. The molecular weight excluding hydrogens is 308 g/mol. The first-order chi connectivity index (χ1) is 12.2. The molecular formula is C22H24N2O. The maximum absolute atomic E-state index is 12.5. The van der Waals surface area contributed by atoms with E-state index in [4.69, 9.17) is 0 Å². The minimum Gasteiger partial charge on any atom is -0.322 e. The fourth-order valence-corrected chi connectivity index (χ4v) is 2.93. The molecule has 0 heterocycles. The molecule has 0 aliphatic carbocycles. The Morgan fingerprint density at radius 1 is 0.880 bits per heavy atom. The van der Waals surface area contributed by atoms with Crippen LogP contribution in [0.3, 0.4) is 0 Å². The van der Waals surface area contributed by atoms with E-state index >= 15 is 0 Å². The summed E-state index contributed by atoms with van der Waals surface area (Å²) in [5.41, 5.74) is 2.75. The van der Waals surface area contributed by atoms with Gasteiger partial charge in [-0.1, -0.05) is 56.3 Å². The summed E-state index contributed by atoms with van der Waals surface area (Å²) in [6.45, 7) is 7.35. The van der Waals surface area contributed by atoms with Crippen LogP contribution in [0.1, 0.15) is 29.8 Å². The first-order valence-corrected chi connectivity index (χ1v) is 8.81. The molecule has 0 unspecified atom stereocenters. The highest BCUT2D eigenvalue weighted by Gasteiger charge is 2.07. The Hall–Kier alpha value is -2.65. The van der Waals surface area contributed by atoms with Crippen molar-refractivity contribution in [2.45, 2.75) is 20.4 Å². The number of rotatable bonds is 6. The van der Waals surface area contributed by atoms with E-state index in [1.165, 1.54) is 5.56 Å². The molecule has 25 heavy (non-hydrogen) atoms. The predicted molar refractivity (Wildman–Crippen MR) is 105 cm³/mol. The van der Waals surface area contributed by atoms with Crippen molar-refractivity contribution in [3.05, 3.63) is 77.9 Å². The average molecular weight is 332 g/mol. The summed E-state index contributed by atoms with van der Waals surface area (Å²) in [4.78, 5) is 14.9. The molecule has 1 amide bonds. The number of amides is 1. The molecule has 0 radical (unpaired) electrons. The van der Waals surface area contributed by atoms with Crippen LogP contribution < -0.4 is 5.32 Å². The maximum atomic E-state index is 12.5. The lowest BCUT2D eigenvalue weighted by Crippen LogP contribution is -2.22. The monoisotopic (exact) mass is 332 g/mol. The lowest BCUT2D eigenvalue weighted by molar-refractivity contribution is 0.102. The number of carbonyl (C=O) groups excluding carboxylic acids is 1. The second kappa shape index (κ2) is 7.95. The summed E-state index contributed by atoms with van der Waals surface area (Å²) in [6.07, 6.45) is 0. The molecule has 0 saturated carbocycles. The van der Waals surface area contributed by atoms with Crippen LogP contribution >= 0.6 is 0 Å². The Morgan fingerprint density at radius 3 is 2.24 bits per heavy atom. The van der Waals surface area contributed by atoms with E-state index < -0.39 is 0 Å². The SMILES string of the molecule is CCN(CC)Cc1ccc(NC(=O)c2ccc3ccccc3c2)cc1. The van der Waals surface area contributed by atoms with Crippen LogP contribution in [0, 0.1) is 0 Å². The Labute approximate surface area is 149 Å². The van der Waals surface area contributed by atoms with Gasteiger partial charge in [-0.05, 0) is 53.7 Å². The molecule has 128 valence electrons. The highest BCUT2D eigenvalue weighted by atomic mass is 16.1. The van der Waals surface area contributed by atoms with Crippen molar-refractivity contribution in [3.8, 4) is 0 Å². The Balaban J connectivity index is 1.69. The highest BCUT2D eigenvalue weighted by Crippen LogP contribution is 2.17. The molecule has 3 heteroatoms. The second-order valence-corrected chi connectivity index (χ2v) is 6.17. The van der Waals surface area contributed by atoms with Crippen LogP contribution in [0.4, 0.5) is 5.69 Å². The van der Waals surface area contributed by atoms with Crippen LogP contribution in [-0.2, 0) is 6.54 Å². The number of nitrogens with one attached hydrogen (secondary N) is 1. The van der Waals surface area contributed by atoms with Gasteiger partial charge in [-0.2, -0.15) is 0 Å². The molecule has 3 aromatic rings. The van der Waals surface area contributed by atoms with Gasteiger partial charge in [0, 0.05) is 17.8 Å². The van der Waals surface area contributed by atoms with Crippen LogP contribution in [0.2, 0.25) is 0 Å². The molecule has 3 nitrogen and oxygen atoms in total. The van der Waals surface area contributed by atoms with Crippen molar-refractivity contribution in [1.29, 1.82) is 0 Å². The van der Waals surface area contributed by atoms with Gasteiger partial charge in [0.1, 0.15) is 0 Å². The minimum absolute atomic E-state index is 0.0813. The number of nitrogens with zero attached hydrogens (tertiary/aromatic N) is 1. The van der Waals surface area contributed by atoms with Gasteiger partial charge >= 0.3 is 0 Å². The molecule has 0 atom stereocenters.